The second-order valence-corrected chi connectivity index (χ2v) is 11.2. The Morgan fingerprint density at radius 3 is 2.49 bits per heavy atom. The molecule has 4 rings (SSSR count). The maximum atomic E-state index is 14.3. The Bertz CT molecular complexity index is 1080. The Morgan fingerprint density at radius 2 is 1.87 bits per heavy atom. The van der Waals surface area contributed by atoms with Crippen LogP contribution in [-0.2, 0) is 25.7 Å². The number of hydrogen-bond acceptors (Lipinski definition) is 5. The molecule has 212 valence electrons. The highest BCUT2D eigenvalue weighted by Crippen LogP contribution is 2.59. The van der Waals surface area contributed by atoms with Crippen LogP contribution in [-0.4, -0.2) is 87.1 Å². The summed E-state index contributed by atoms with van der Waals surface area (Å²) in [5.41, 5.74) is -0.113. The third-order valence-corrected chi connectivity index (χ3v) is 8.72. The molecule has 0 aliphatic carbocycles. The summed E-state index contributed by atoms with van der Waals surface area (Å²) in [6, 6.07) is 8.18. The van der Waals surface area contributed by atoms with Crippen molar-refractivity contribution < 1.29 is 24.2 Å². The van der Waals surface area contributed by atoms with Gasteiger partial charge in [-0.1, -0.05) is 55.8 Å². The zero-order chi connectivity index (χ0) is 28.3. The number of amides is 3. The largest absolute Gasteiger partial charge is 0.394 e. The van der Waals surface area contributed by atoms with Crippen molar-refractivity contribution in [3.8, 4) is 0 Å². The monoisotopic (exact) mass is 537 g/mol. The van der Waals surface area contributed by atoms with Crippen molar-refractivity contribution in [2.45, 2.75) is 82.8 Å². The van der Waals surface area contributed by atoms with Crippen molar-refractivity contribution in [1.82, 2.24) is 14.7 Å². The predicted octanol–water partition coefficient (Wildman–Crippen LogP) is 3.16. The minimum absolute atomic E-state index is 0.0534. The molecule has 3 unspecified atom stereocenters. The standard InChI is InChI=1S/C31H43N3O5/c1-6-12-21(4)33(18-8-3)30(38)27-31-16-15-24(39-31)25(26(31)29(37)34(27)22(5)20-35)28(36)32(17-7-2)19-23-13-10-9-11-14-23/h7-11,13-14,21-22,24-27,35H,2-3,6,12,15-20H2,1,4-5H3/t21?,22-,24-,25+,26+,27?,31?/m1/s1. The minimum Gasteiger partial charge on any atom is -0.394 e. The molecule has 0 radical (unpaired) electrons. The Labute approximate surface area is 232 Å². The molecule has 39 heavy (non-hydrogen) atoms. The molecule has 1 aromatic rings. The highest BCUT2D eigenvalue weighted by molar-refractivity contribution is 5.99. The zero-order valence-electron chi connectivity index (χ0n) is 23.5. The van der Waals surface area contributed by atoms with Gasteiger partial charge in [0.2, 0.25) is 17.7 Å². The van der Waals surface area contributed by atoms with Gasteiger partial charge in [0, 0.05) is 25.7 Å². The van der Waals surface area contributed by atoms with E-state index in [2.05, 4.69) is 20.1 Å². The molecule has 3 aliphatic rings. The van der Waals surface area contributed by atoms with Crippen LogP contribution in [0.1, 0.15) is 52.0 Å². The van der Waals surface area contributed by atoms with Crippen LogP contribution in [0.3, 0.4) is 0 Å². The number of likely N-dealkylation sites (tertiary alicyclic amines) is 1. The van der Waals surface area contributed by atoms with Crippen molar-refractivity contribution in [1.29, 1.82) is 0 Å². The molecule has 3 fully saturated rings. The molecule has 3 saturated heterocycles. The molecule has 1 spiro atoms. The van der Waals surface area contributed by atoms with Gasteiger partial charge in [-0.25, -0.2) is 0 Å². The zero-order valence-corrected chi connectivity index (χ0v) is 23.5. The molecule has 0 saturated carbocycles. The fourth-order valence-corrected chi connectivity index (χ4v) is 6.97. The molecule has 1 aromatic carbocycles. The van der Waals surface area contributed by atoms with Gasteiger partial charge in [-0.05, 0) is 38.7 Å². The quantitative estimate of drug-likeness (QED) is 0.391. The van der Waals surface area contributed by atoms with E-state index in [4.69, 9.17) is 4.74 Å². The van der Waals surface area contributed by atoms with Gasteiger partial charge in [0.05, 0.1) is 30.6 Å². The second-order valence-electron chi connectivity index (χ2n) is 11.2. The number of carbonyl (C=O) groups excluding carboxylic acids is 3. The van der Waals surface area contributed by atoms with Crippen molar-refractivity contribution in [3.05, 3.63) is 61.2 Å². The first-order chi connectivity index (χ1) is 18.7. The molecule has 7 atom stereocenters. The Morgan fingerprint density at radius 1 is 1.18 bits per heavy atom. The summed E-state index contributed by atoms with van der Waals surface area (Å²) in [4.78, 5) is 47.6. The molecular weight excluding hydrogens is 494 g/mol. The lowest BCUT2D eigenvalue weighted by atomic mass is 9.70. The molecule has 8 nitrogen and oxygen atoms in total. The Kier molecular flexibility index (Phi) is 8.96. The number of benzene rings is 1. The molecule has 0 aromatic heterocycles. The van der Waals surface area contributed by atoms with E-state index in [1.165, 1.54) is 4.90 Å². The lowest BCUT2D eigenvalue weighted by Crippen LogP contribution is -2.59. The Hall–Kier alpha value is -2.97. The highest BCUT2D eigenvalue weighted by atomic mass is 16.5. The number of nitrogens with zero attached hydrogens (tertiary/aromatic N) is 3. The van der Waals surface area contributed by atoms with Gasteiger partial charge < -0.3 is 24.5 Å². The van der Waals surface area contributed by atoms with Gasteiger partial charge in [-0.2, -0.15) is 0 Å². The molecule has 1 N–H and O–H groups in total. The molecule has 2 bridgehead atoms. The van der Waals surface area contributed by atoms with E-state index in [0.717, 1.165) is 18.4 Å². The van der Waals surface area contributed by atoms with Crippen LogP contribution in [0.2, 0.25) is 0 Å². The first kappa shape index (κ1) is 29.0. The van der Waals surface area contributed by atoms with Crippen LogP contribution in [0.25, 0.3) is 0 Å². The SMILES string of the molecule is C=CCN(Cc1ccccc1)C(=O)[C@@H]1[C@H]2C(=O)N([C@H](C)CO)C(C(=O)N(CC=C)C(C)CCC)C23CC[C@H]1O3. The summed E-state index contributed by atoms with van der Waals surface area (Å²) in [6.07, 6.45) is 5.80. The normalized spacial score (nSPS) is 28.6. The molecule has 3 amide bonds. The van der Waals surface area contributed by atoms with Crippen molar-refractivity contribution in [2.75, 3.05) is 19.7 Å². The molecule has 3 aliphatic heterocycles. The third-order valence-electron chi connectivity index (χ3n) is 8.72. The first-order valence-corrected chi connectivity index (χ1v) is 14.2. The van der Waals surface area contributed by atoms with E-state index in [1.807, 2.05) is 37.3 Å². The third kappa shape index (κ3) is 5.05. The number of rotatable bonds is 13. The van der Waals surface area contributed by atoms with Crippen LogP contribution in [0.4, 0.5) is 0 Å². The van der Waals surface area contributed by atoms with Gasteiger partial charge in [0.25, 0.3) is 0 Å². The maximum absolute atomic E-state index is 14.3. The van der Waals surface area contributed by atoms with E-state index in [-0.39, 0.29) is 30.4 Å². The smallest absolute Gasteiger partial charge is 0.248 e. The number of aliphatic hydroxyl groups is 1. The van der Waals surface area contributed by atoms with Crippen molar-refractivity contribution >= 4 is 17.7 Å². The van der Waals surface area contributed by atoms with E-state index < -0.39 is 35.6 Å². The average Bonchev–Trinajstić information content (AvgIpc) is 3.58. The summed E-state index contributed by atoms with van der Waals surface area (Å²) in [7, 11) is 0. The summed E-state index contributed by atoms with van der Waals surface area (Å²) in [5, 5.41) is 10.1. The molecular formula is C31H43N3O5. The van der Waals surface area contributed by atoms with Crippen molar-refractivity contribution in [3.63, 3.8) is 0 Å². The minimum atomic E-state index is -1.10. The fourth-order valence-electron chi connectivity index (χ4n) is 6.97. The topological polar surface area (TPSA) is 90.4 Å². The molecule has 8 heteroatoms. The second kappa shape index (κ2) is 12.0. The van der Waals surface area contributed by atoms with Gasteiger partial charge in [0.15, 0.2) is 0 Å². The maximum Gasteiger partial charge on any atom is 0.248 e. The van der Waals surface area contributed by atoms with Crippen LogP contribution in [0.15, 0.2) is 55.6 Å². The number of ether oxygens (including phenoxy) is 1. The lowest BCUT2D eigenvalue weighted by Gasteiger charge is -2.40. The number of aliphatic hydroxyl groups excluding tert-OH is 1. The average molecular weight is 538 g/mol. The summed E-state index contributed by atoms with van der Waals surface area (Å²) in [6.45, 7) is 14.3. The number of fused-ring (bicyclic) bond motifs is 1. The molecule has 3 heterocycles. The summed E-state index contributed by atoms with van der Waals surface area (Å²) >= 11 is 0. The van der Waals surface area contributed by atoms with Gasteiger partial charge in [-0.15, -0.1) is 13.2 Å². The lowest BCUT2D eigenvalue weighted by molar-refractivity contribution is -0.152. The number of hydrogen-bond donors (Lipinski definition) is 1. The Balaban J connectivity index is 1.72. The highest BCUT2D eigenvalue weighted by Gasteiger charge is 2.75. The van der Waals surface area contributed by atoms with E-state index >= 15 is 0 Å². The summed E-state index contributed by atoms with van der Waals surface area (Å²) in [5.74, 6) is -2.11. The van der Waals surface area contributed by atoms with Crippen LogP contribution in [0, 0.1) is 11.8 Å². The van der Waals surface area contributed by atoms with Crippen LogP contribution < -0.4 is 0 Å². The van der Waals surface area contributed by atoms with Crippen LogP contribution in [0.5, 0.6) is 0 Å². The van der Waals surface area contributed by atoms with Gasteiger partial charge in [0.1, 0.15) is 11.6 Å². The number of carbonyl (C=O) groups is 3. The summed E-state index contributed by atoms with van der Waals surface area (Å²) < 4.78 is 6.60. The van der Waals surface area contributed by atoms with Crippen LogP contribution >= 0.6 is 0 Å². The van der Waals surface area contributed by atoms with Crippen molar-refractivity contribution in [2.24, 2.45) is 11.8 Å². The van der Waals surface area contributed by atoms with E-state index in [1.54, 1.807) is 28.9 Å². The van der Waals surface area contributed by atoms with Gasteiger partial charge in [-0.3, -0.25) is 14.4 Å². The van der Waals surface area contributed by atoms with E-state index in [9.17, 15) is 19.5 Å². The fraction of sp³-hybridized carbons (Fsp3) is 0.581. The van der Waals surface area contributed by atoms with E-state index in [0.29, 0.717) is 32.5 Å². The predicted molar refractivity (Wildman–Crippen MR) is 149 cm³/mol. The van der Waals surface area contributed by atoms with Gasteiger partial charge >= 0.3 is 0 Å². The first-order valence-electron chi connectivity index (χ1n) is 14.2.